The number of aromatic amines is 1. The molecule has 0 spiro atoms. The summed E-state index contributed by atoms with van der Waals surface area (Å²) in [5.41, 5.74) is 3.35. The van der Waals surface area contributed by atoms with Crippen molar-refractivity contribution in [1.29, 1.82) is 0 Å². The van der Waals surface area contributed by atoms with Gasteiger partial charge in [0.15, 0.2) is 0 Å². The molecule has 1 saturated heterocycles. The molecule has 0 radical (unpaired) electrons. The van der Waals surface area contributed by atoms with Gasteiger partial charge in [0.2, 0.25) is 5.91 Å². The number of amides is 1. The lowest BCUT2D eigenvalue weighted by atomic mass is 9.86. The number of rotatable bonds is 3. The van der Waals surface area contributed by atoms with Crippen molar-refractivity contribution in [3.8, 4) is 0 Å². The van der Waals surface area contributed by atoms with E-state index in [0.29, 0.717) is 0 Å². The number of nitrogens with zero attached hydrogens (tertiary/aromatic N) is 4. The van der Waals surface area contributed by atoms with Crippen molar-refractivity contribution >= 4 is 5.91 Å². The summed E-state index contributed by atoms with van der Waals surface area (Å²) in [6.07, 6.45) is 6.69. The van der Waals surface area contributed by atoms with Gasteiger partial charge in [0.1, 0.15) is 0 Å². The van der Waals surface area contributed by atoms with Gasteiger partial charge in [-0.25, -0.2) is 0 Å². The van der Waals surface area contributed by atoms with Gasteiger partial charge in [0.25, 0.3) is 0 Å². The van der Waals surface area contributed by atoms with E-state index in [1.807, 2.05) is 29.4 Å². The Morgan fingerprint density at radius 1 is 1.28 bits per heavy atom. The summed E-state index contributed by atoms with van der Waals surface area (Å²) in [5, 5.41) is 7.19. The Kier molecular flexibility index (Phi) is 4.53. The van der Waals surface area contributed by atoms with Crippen LogP contribution in [-0.2, 0) is 11.2 Å². The predicted molar refractivity (Wildman–Crippen MR) is 95.1 cm³/mol. The number of hydrogen-bond acceptors (Lipinski definition) is 4. The minimum absolute atomic E-state index is 0.0118. The molecule has 0 unspecified atom stereocenters. The fourth-order valence-electron chi connectivity index (χ4n) is 4.08. The van der Waals surface area contributed by atoms with Gasteiger partial charge in [0, 0.05) is 49.7 Å². The normalized spacial score (nSPS) is 22.4. The Hall–Kier alpha value is -2.21. The second kappa shape index (κ2) is 6.96. The van der Waals surface area contributed by atoms with E-state index < -0.39 is 0 Å². The van der Waals surface area contributed by atoms with Gasteiger partial charge in [-0.3, -0.25) is 19.8 Å². The molecule has 132 valence electrons. The first-order valence-electron chi connectivity index (χ1n) is 9.20. The van der Waals surface area contributed by atoms with E-state index in [0.717, 1.165) is 62.4 Å². The van der Waals surface area contributed by atoms with Crippen LogP contribution >= 0.6 is 0 Å². The molecule has 6 heteroatoms. The maximum atomic E-state index is 13.0. The van der Waals surface area contributed by atoms with Gasteiger partial charge in [0.05, 0.1) is 17.8 Å². The standard InChI is InChI=1S/C19H25N5O/c1-14(17-6-2-3-8-20-17)23-9-11-24(12-10-23)19(25)15-5-4-7-18-16(15)13-21-22-18/h2-3,6,8,13-15H,4-5,7,9-12H2,1H3,(H,21,22)/t14-,15+/m1/s1. The summed E-state index contributed by atoms with van der Waals surface area (Å²) in [7, 11) is 0. The smallest absolute Gasteiger partial charge is 0.230 e. The first kappa shape index (κ1) is 16.3. The van der Waals surface area contributed by atoms with Crippen molar-refractivity contribution in [3.63, 3.8) is 0 Å². The third-order valence-corrected chi connectivity index (χ3v) is 5.63. The lowest BCUT2D eigenvalue weighted by molar-refractivity contribution is -0.135. The third-order valence-electron chi connectivity index (χ3n) is 5.63. The molecule has 4 rings (SSSR count). The van der Waals surface area contributed by atoms with Crippen LogP contribution in [0.2, 0.25) is 0 Å². The minimum Gasteiger partial charge on any atom is -0.340 e. The first-order valence-corrected chi connectivity index (χ1v) is 9.20. The van der Waals surface area contributed by atoms with Crippen molar-refractivity contribution in [1.82, 2.24) is 25.0 Å². The van der Waals surface area contributed by atoms with Gasteiger partial charge in [-0.2, -0.15) is 5.10 Å². The molecule has 1 amide bonds. The molecule has 2 aliphatic rings. The van der Waals surface area contributed by atoms with Crippen LogP contribution in [0.5, 0.6) is 0 Å². The van der Waals surface area contributed by atoms with Gasteiger partial charge in [-0.05, 0) is 38.3 Å². The largest absolute Gasteiger partial charge is 0.340 e. The molecule has 25 heavy (non-hydrogen) atoms. The average molecular weight is 339 g/mol. The minimum atomic E-state index is -0.0118. The zero-order valence-electron chi connectivity index (χ0n) is 14.7. The Labute approximate surface area is 148 Å². The van der Waals surface area contributed by atoms with Crippen LogP contribution in [0.1, 0.15) is 48.7 Å². The summed E-state index contributed by atoms with van der Waals surface area (Å²) in [4.78, 5) is 21.9. The van der Waals surface area contributed by atoms with Gasteiger partial charge < -0.3 is 4.90 Å². The van der Waals surface area contributed by atoms with E-state index >= 15 is 0 Å². The van der Waals surface area contributed by atoms with E-state index in [1.54, 1.807) is 0 Å². The number of hydrogen-bond donors (Lipinski definition) is 1. The van der Waals surface area contributed by atoms with Crippen molar-refractivity contribution < 1.29 is 4.79 Å². The number of aromatic nitrogens is 3. The monoisotopic (exact) mass is 339 g/mol. The Morgan fingerprint density at radius 2 is 2.12 bits per heavy atom. The maximum absolute atomic E-state index is 13.0. The number of carbonyl (C=O) groups is 1. The van der Waals surface area contributed by atoms with Crippen molar-refractivity contribution in [2.24, 2.45) is 0 Å². The molecule has 2 atom stereocenters. The number of piperazine rings is 1. The average Bonchev–Trinajstić information content (AvgIpc) is 3.16. The van der Waals surface area contributed by atoms with Crippen LogP contribution in [0.4, 0.5) is 0 Å². The van der Waals surface area contributed by atoms with E-state index in [9.17, 15) is 4.79 Å². The molecule has 0 saturated carbocycles. The number of H-pyrrole nitrogens is 1. The van der Waals surface area contributed by atoms with Crippen LogP contribution < -0.4 is 0 Å². The molecule has 3 heterocycles. The van der Waals surface area contributed by atoms with E-state index in [4.69, 9.17) is 0 Å². The quantitative estimate of drug-likeness (QED) is 0.930. The Balaban J connectivity index is 1.39. The molecule has 1 N–H and O–H groups in total. The highest BCUT2D eigenvalue weighted by atomic mass is 16.2. The molecule has 2 aromatic rings. The van der Waals surface area contributed by atoms with E-state index in [1.165, 1.54) is 0 Å². The summed E-state index contributed by atoms with van der Waals surface area (Å²) >= 11 is 0. The lowest BCUT2D eigenvalue weighted by Gasteiger charge is -2.39. The van der Waals surface area contributed by atoms with Crippen LogP contribution in [0, 0.1) is 0 Å². The highest BCUT2D eigenvalue weighted by Gasteiger charge is 2.33. The van der Waals surface area contributed by atoms with Crippen molar-refractivity contribution in [2.45, 2.75) is 38.1 Å². The fraction of sp³-hybridized carbons (Fsp3) is 0.526. The molecule has 2 aromatic heterocycles. The van der Waals surface area contributed by atoms with Crippen molar-refractivity contribution in [2.75, 3.05) is 26.2 Å². The molecule has 0 aromatic carbocycles. The molecule has 6 nitrogen and oxygen atoms in total. The number of aryl methyl sites for hydroxylation is 1. The van der Waals surface area contributed by atoms with E-state index in [2.05, 4.69) is 33.1 Å². The van der Waals surface area contributed by atoms with Crippen LogP contribution in [0.25, 0.3) is 0 Å². The number of carbonyl (C=O) groups excluding carboxylic acids is 1. The summed E-state index contributed by atoms with van der Waals surface area (Å²) in [6.45, 7) is 5.57. The zero-order chi connectivity index (χ0) is 17.2. The number of fused-ring (bicyclic) bond motifs is 1. The zero-order valence-corrected chi connectivity index (χ0v) is 14.7. The Bertz CT molecular complexity index is 720. The maximum Gasteiger partial charge on any atom is 0.230 e. The highest BCUT2D eigenvalue weighted by molar-refractivity contribution is 5.84. The highest BCUT2D eigenvalue weighted by Crippen LogP contribution is 2.32. The van der Waals surface area contributed by atoms with E-state index in [-0.39, 0.29) is 17.9 Å². The molecule has 1 aliphatic carbocycles. The summed E-state index contributed by atoms with van der Waals surface area (Å²) < 4.78 is 0. The SMILES string of the molecule is C[C@H](c1ccccn1)N1CCN(C(=O)[C@H]2CCCc3[nH]ncc32)CC1. The predicted octanol–water partition coefficient (Wildman–Crippen LogP) is 2.13. The molecule has 1 fully saturated rings. The van der Waals surface area contributed by atoms with Crippen molar-refractivity contribution in [3.05, 3.63) is 47.5 Å². The third kappa shape index (κ3) is 3.18. The van der Waals surface area contributed by atoms with Gasteiger partial charge >= 0.3 is 0 Å². The second-order valence-electron chi connectivity index (χ2n) is 7.04. The van der Waals surface area contributed by atoms with Crippen LogP contribution in [-0.4, -0.2) is 57.1 Å². The fourth-order valence-corrected chi connectivity index (χ4v) is 4.08. The van der Waals surface area contributed by atoms with Gasteiger partial charge in [-0.1, -0.05) is 6.07 Å². The molecule has 1 aliphatic heterocycles. The van der Waals surface area contributed by atoms with Crippen LogP contribution in [0.15, 0.2) is 30.6 Å². The number of nitrogens with one attached hydrogen (secondary N) is 1. The topological polar surface area (TPSA) is 65.1 Å². The summed E-state index contributed by atoms with van der Waals surface area (Å²) in [6, 6.07) is 6.34. The first-order chi connectivity index (χ1) is 12.2. The van der Waals surface area contributed by atoms with Gasteiger partial charge in [-0.15, -0.1) is 0 Å². The molecule has 0 bridgehead atoms. The lowest BCUT2D eigenvalue weighted by Crippen LogP contribution is -2.50. The number of pyridine rings is 1. The van der Waals surface area contributed by atoms with Crippen LogP contribution in [0.3, 0.4) is 0 Å². The molecular weight excluding hydrogens is 314 g/mol. The summed E-state index contributed by atoms with van der Waals surface area (Å²) in [5.74, 6) is 0.259. The molecular formula is C19H25N5O. The Morgan fingerprint density at radius 3 is 2.88 bits per heavy atom. The second-order valence-corrected chi connectivity index (χ2v) is 7.04.